The summed E-state index contributed by atoms with van der Waals surface area (Å²) < 4.78 is 1.04. The van der Waals surface area contributed by atoms with Crippen molar-refractivity contribution in [2.75, 3.05) is 24.1 Å². The normalized spacial score (nSPS) is 20.1. The number of hydrogen-bond acceptors (Lipinski definition) is 7. The summed E-state index contributed by atoms with van der Waals surface area (Å²) in [5.41, 5.74) is 10.8. The van der Waals surface area contributed by atoms with Crippen LogP contribution in [-0.4, -0.2) is 56.6 Å². The highest BCUT2D eigenvalue weighted by Gasteiger charge is 2.40. The zero-order valence-corrected chi connectivity index (χ0v) is 21.4. The predicted molar refractivity (Wildman–Crippen MR) is 139 cm³/mol. The molecule has 1 aliphatic carbocycles. The number of benzene rings is 1. The van der Waals surface area contributed by atoms with E-state index in [1.807, 2.05) is 43.9 Å². The summed E-state index contributed by atoms with van der Waals surface area (Å²) in [6.45, 7) is 6.20. The maximum absolute atomic E-state index is 13.5. The number of nitrogens with two attached hydrogens (primary N) is 1. The Kier molecular flexibility index (Phi) is 6.38. The maximum atomic E-state index is 13.5. The molecule has 5 rings (SSSR count). The number of nitrogen functional groups attached to an aromatic ring is 1. The first-order chi connectivity index (χ1) is 17.2. The molecule has 1 aromatic carbocycles. The van der Waals surface area contributed by atoms with Gasteiger partial charge in [-0.25, -0.2) is 9.97 Å². The Bertz CT molecular complexity index is 1330. The fraction of sp³-hybridized carbons (Fsp3) is 0.423. The number of nitrogens with one attached hydrogen (secondary N) is 1. The first-order valence-electron chi connectivity index (χ1n) is 12.2. The number of thiazole rings is 1. The van der Waals surface area contributed by atoms with Crippen LogP contribution in [0.25, 0.3) is 10.2 Å². The van der Waals surface area contributed by atoms with Crippen LogP contribution in [0, 0.1) is 5.92 Å². The van der Waals surface area contributed by atoms with E-state index in [0.717, 1.165) is 34.2 Å². The molecular weight excluding hydrogens is 476 g/mol. The third kappa shape index (κ3) is 4.65. The lowest BCUT2D eigenvalue weighted by Gasteiger charge is -2.45. The molecule has 2 fully saturated rings. The van der Waals surface area contributed by atoms with Crippen LogP contribution in [0.1, 0.15) is 56.7 Å². The SMILES string of the molecule is CC(C)C(=O)N1C[C@H](c2ccc3scnc3c2)N(C(=O)C(=O)Nc2cnc(N)c(C3CC3)c2)C[C@H]1C. The molecule has 2 aliphatic rings. The van der Waals surface area contributed by atoms with Gasteiger partial charge in [0.15, 0.2) is 0 Å². The van der Waals surface area contributed by atoms with E-state index in [1.54, 1.807) is 16.5 Å². The molecular formula is C26H30N6O3S. The van der Waals surface area contributed by atoms with Crippen LogP contribution in [-0.2, 0) is 14.4 Å². The van der Waals surface area contributed by atoms with E-state index in [0.29, 0.717) is 24.0 Å². The zero-order valence-electron chi connectivity index (χ0n) is 20.6. The summed E-state index contributed by atoms with van der Waals surface area (Å²) in [6.07, 6.45) is 3.57. The average molecular weight is 507 g/mol. The van der Waals surface area contributed by atoms with Crippen LogP contribution in [0.5, 0.6) is 0 Å². The monoisotopic (exact) mass is 506 g/mol. The van der Waals surface area contributed by atoms with Gasteiger partial charge in [0.1, 0.15) is 5.82 Å². The summed E-state index contributed by atoms with van der Waals surface area (Å²) >= 11 is 1.54. The topological polar surface area (TPSA) is 122 Å². The van der Waals surface area contributed by atoms with Crippen LogP contribution in [0.4, 0.5) is 11.5 Å². The lowest BCUT2D eigenvalue weighted by Crippen LogP contribution is -2.59. The van der Waals surface area contributed by atoms with Crippen molar-refractivity contribution in [2.24, 2.45) is 5.92 Å². The van der Waals surface area contributed by atoms with Gasteiger partial charge in [-0.15, -0.1) is 11.3 Å². The van der Waals surface area contributed by atoms with Crippen molar-refractivity contribution in [1.29, 1.82) is 0 Å². The Hall–Kier alpha value is -3.53. The molecule has 188 valence electrons. The van der Waals surface area contributed by atoms with Crippen molar-refractivity contribution in [3.63, 3.8) is 0 Å². The van der Waals surface area contributed by atoms with E-state index in [2.05, 4.69) is 15.3 Å². The predicted octanol–water partition coefficient (Wildman–Crippen LogP) is 3.55. The minimum Gasteiger partial charge on any atom is -0.383 e. The Labute approximate surface area is 213 Å². The largest absolute Gasteiger partial charge is 0.383 e. The fourth-order valence-electron chi connectivity index (χ4n) is 4.80. The smallest absolute Gasteiger partial charge is 0.313 e. The molecule has 3 N–H and O–H groups in total. The number of carbonyl (C=O) groups excluding carboxylic acids is 3. The second kappa shape index (κ2) is 9.50. The summed E-state index contributed by atoms with van der Waals surface area (Å²) in [6, 6.07) is 6.96. The van der Waals surface area contributed by atoms with Gasteiger partial charge in [-0.1, -0.05) is 19.9 Å². The number of rotatable bonds is 4. The molecule has 10 heteroatoms. The first-order valence-corrected chi connectivity index (χ1v) is 13.1. The third-order valence-corrected chi connectivity index (χ3v) is 7.74. The van der Waals surface area contributed by atoms with Crippen LogP contribution in [0.2, 0.25) is 0 Å². The molecule has 3 amide bonds. The number of fused-ring (bicyclic) bond motifs is 1. The number of anilines is 2. The molecule has 0 unspecified atom stereocenters. The van der Waals surface area contributed by atoms with Gasteiger partial charge in [0.25, 0.3) is 0 Å². The van der Waals surface area contributed by atoms with E-state index >= 15 is 0 Å². The van der Waals surface area contributed by atoms with Gasteiger partial charge >= 0.3 is 11.8 Å². The summed E-state index contributed by atoms with van der Waals surface area (Å²) in [4.78, 5) is 51.6. The van der Waals surface area contributed by atoms with E-state index in [4.69, 9.17) is 5.73 Å². The Morgan fingerprint density at radius 2 is 1.89 bits per heavy atom. The van der Waals surface area contributed by atoms with Crippen LogP contribution in [0.15, 0.2) is 36.0 Å². The maximum Gasteiger partial charge on any atom is 0.313 e. The number of nitrogens with zero attached hydrogens (tertiary/aromatic N) is 4. The number of amides is 3. The quantitative estimate of drug-likeness (QED) is 0.522. The minimum atomic E-state index is -0.737. The van der Waals surface area contributed by atoms with Gasteiger partial charge < -0.3 is 20.9 Å². The Morgan fingerprint density at radius 1 is 1.11 bits per heavy atom. The second-order valence-corrected chi connectivity index (χ2v) is 10.9. The van der Waals surface area contributed by atoms with E-state index in [9.17, 15) is 14.4 Å². The van der Waals surface area contributed by atoms with Gasteiger partial charge in [-0.05, 0) is 55.0 Å². The fourth-order valence-corrected chi connectivity index (χ4v) is 5.46. The van der Waals surface area contributed by atoms with Crippen molar-refractivity contribution in [3.8, 4) is 0 Å². The minimum absolute atomic E-state index is 0.0272. The molecule has 0 spiro atoms. The van der Waals surface area contributed by atoms with Crippen LogP contribution >= 0.6 is 11.3 Å². The number of hydrogen-bond donors (Lipinski definition) is 2. The number of pyridine rings is 1. The van der Waals surface area contributed by atoms with Crippen molar-refractivity contribution in [1.82, 2.24) is 19.8 Å². The van der Waals surface area contributed by atoms with Crippen molar-refractivity contribution < 1.29 is 14.4 Å². The molecule has 1 saturated heterocycles. The summed E-state index contributed by atoms with van der Waals surface area (Å²) in [5.74, 6) is -0.704. The molecule has 0 bridgehead atoms. The Balaban J connectivity index is 1.42. The molecule has 1 saturated carbocycles. The molecule has 3 heterocycles. The molecule has 0 radical (unpaired) electrons. The lowest BCUT2D eigenvalue weighted by molar-refractivity contribution is -0.152. The molecule has 36 heavy (non-hydrogen) atoms. The van der Waals surface area contributed by atoms with E-state index in [-0.39, 0.29) is 24.4 Å². The van der Waals surface area contributed by atoms with Crippen molar-refractivity contribution in [3.05, 3.63) is 47.1 Å². The van der Waals surface area contributed by atoms with E-state index < -0.39 is 17.9 Å². The van der Waals surface area contributed by atoms with Crippen LogP contribution < -0.4 is 11.1 Å². The summed E-state index contributed by atoms with van der Waals surface area (Å²) in [5, 5.41) is 2.71. The highest BCUT2D eigenvalue weighted by atomic mass is 32.1. The van der Waals surface area contributed by atoms with Gasteiger partial charge in [0.05, 0.1) is 33.7 Å². The van der Waals surface area contributed by atoms with Crippen molar-refractivity contribution in [2.45, 2.75) is 51.6 Å². The molecule has 3 aromatic rings. The zero-order chi connectivity index (χ0) is 25.6. The molecule has 2 atom stereocenters. The first kappa shape index (κ1) is 24.2. The van der Waals surface area contributed by atoms with Gasteiger partial charge in [0.2, 0.25) is 5.91 Å². The van der Waals surface area contributed by atoms with Gasteiger partial charge in [-0.2, -0.15) is 0 Å². The highest BCUT2D eigenvalue weighted by Crippen LogP contribution is 2.42. The number of aromatic nitrogens is 2. The highest BCUT2D eigenvalue weighted by molar-refractivity contribution is 7.16. The second-order valence-electron chi connectivity index (χ2n) is 9.97. The van der Waals surface area contributed by atoms with Crippen LogP contribution in [0.3, 0.4) is 0 Å². The number of piperazine rings is 1. The number of carbonyl (C=O) groups is 3. The third-order valence-electron chi connectivity index (χ3n) is 6.93. The summed E-state index contributed by atoms with van der Waals surface area (Å²) in [7, 11) is 0. The van der Waals surface area contributed by atoms with E-state index in [1.165, 1.54) is 17.5 Å². The average Bonchev–Trinajstić information content (AvgIpc) is 3.60. The Morgan fingerprint density at radius 3 is 2.61 bits per heavy atom. The molecule has 9 nitrogen and oxygen atoms in total. The lowest BCUT2D eigenvalue weighted by atomic mass is 9.97. The molecule has 1 aliphatic heterocycles. The molecule has 2 aromatic heterocycles. The van der Waals surface area contributed by atoms with Gasteiger partial charge in [0, 0.05) is 25.0 Å². The van der Waals surface area contributed by atoms with Crippen molar-refractivity contribution >= 4 is 50.8 Å². The van der Waals surface area contributed by atoms with Gasteiger partial charge in [-0.3, -0.25) is 14.4 Å². The standard InChI is InChI=1S/C26H30N6O3S/c1-14(2)25(34)31-12-21(17-6-7-22-20(8-17)29-13-36-22)32(11-15(31)3)26(35)24(33)30-18-9-19(16-4-5-16)23(27)28-10-18/h6-10,13-16,21H,4-5,11-12H2,1-3H3,(H2,27,28)(H,30,33)/t15-,21-/m1/s1.